The molecule has 9 nitrogen and oxygen atoms in total. The number of nitrogens with zero attached hydrogens (tertiary/aromatic N) is 8. The molecule has 1 fully saturated rings. The first-order chi connectivity index (χ1) is 15.2. The summed E-state index contributed by atoms with van der Waals surface area (Å²) in [5.74, 6) is 2.70. The first kappa shape index (κ1) is 19.2. The van der Waals surface area contributed by atoms with E-state index in [1.54, 1.807) is 23.6 Å². The Morgan fingerprint density at radius 2 is 1.65 bits per heavy atom. The molecule has 0 saturated carbocycles. The second-order valence-corrected chi connectivity index (χ2v) is 7.71. The maximum atomic E-state index is 13.0. The van der Waals surface area contributed by atoms with E-state index in [0.717, 1.165) is 54.9 Å². The van der Waals surface area contributed by atoms with E-state index in [1.165, 1.54) is 0 Å². The van der Waals surface area contributed by atoms with Crippen molar-refractivity contribution in [2.45, 2.75) is 6.54 Å². The van der Waals surface area contributed by atoms with Gasteiger partial charge in [-0.25, -0.2) is 15.0 Å². The third kappa shape index (κ3) is 3.74. The lowest BCUT2D eigenvalue weighted by Crippen LogP contribution is -2.47. The largest absolute Gasteiger partial charge is 0.353 e. The van der Waals surface area contributed by atoms with Crippen molar-refractivity contribution in [3.05, 3.63) is 60.8 Å². The van der Waals surface area contributed by atoms with Gasteiger partial charge in [-0.15, -0.1) is 0 Å². The summed E-state index contributed by atoms with van der Waals surface area (Å²) in [6.45, 7) is 4.04. The Balaban J connectivity index is 1.43. The molecule has 2 aliphatic rings. The van der Waals surface area contributed by atoms with E-state index in [-0.39, 0.29) is 12.5 Å². The van der Waals surface area contributed by atoms with Crippen LogP contribution in [0.15, 0.2) is 55.2 Å². The summed E-state index contributed by atoms with van der Waals surface area (Å²) in [6, 6.07) is 9.74. The van der Waals surface area contributed by atoms with Crippen LogP contribution in [-0.4, -0.2) is 65.6 Å². The van der Waals surface area contributed by atoms with Gasteiger partial charge in [0, 0.05) is 45.6 Å². The van der Waals surface area contributed by atoms with Gasteiger partial charge in [-0.1, -0.05) is 6.07 Å². The van der Waals surface area contributed by atoms with Gasteiger partial charge in [0.1, 0.15) is 23.8 Å². The van der Waals surface area contributed by atoms with Crippen LogP contribution in [0.4, 0.5) is 23.1 Å². The third-order valence-corrected chi connectivity index (χ3v) is 5.76. The van der Waals surface area contributed by atoms with Crippen molar-refractivity contribution in [1.29, 1.82) is 0 Å². The van der Waals surface area contributed by atoms with Crippen molar-refractivity contribution in [3.8, 4) is 0 Å². The Bertz CT molecular complexity index is 1050. The minimum atomic E-state index is 0.0134. The fourth-order valence-corrected chi connectivity index (χ4v) is 4.18. The number of likely N-dealkylation sites (N-methyl/N-ethyl adjacent to an activating group) is 1. The highest BCUT2D eigenvalue weighted by molar-refractivity contribution is 5.97. The number of amides is 1. The molecule has 31 heavy (non-hydrogen) atoms. The third-order valence-electron chi connectivity index (χ3n) is 5.76. The molecule has 0 radical (unpaired) electrons. The van der Waals surface area contributed by atoms with Gasteiger partial charge < -0.3 is 19.6 Å². The fraction of sp³-hybridized carbons (Fsp3) is 0.318. The molecule has 3 aromatic rings. The molecule has 3 aromatic heterocycles. The summed E-state index contributed by atoms with van der Waals surface area (Å²) < 4.78 is 0. The van der Waals surface area contributed by atoms with E-state index in [1.807, 2.05) is 48.5 Å². The molecule has 0 spiro atoms. The Labute approximate surface area is 181 Å². The Hall–Kier alpha value is -3.75. The van der Waals surface area contributed by atoms with Crippen LogP contribution in [0.2, 0.25) is 0 Å². The number of pyridine rings is 2. The van der Waals surface area contributed by atoms with Gasteiger partial charge in [0.15, 0.2) is 0 Å². The molecular weight excluding hydrogens is 392 g/mol. The lowest BCUT2D eigenvalue weighted by Gasteiger charge is -2.37. The second-order valence-electron chi connectivity index (χ2n) is 7.71. The molecule has 0 N–H and O–H groups in total. The van der Waals surface area contributed by atoms with Crippen LogP contribution in [0.5, 0.6) is 0 Å². The predicted octanol–water partition coefficient (Wildman–Crippen LogP) is 1.58. The molecule has 5 heterocycles. The van der Waals surface area contributed by atoms with Gasteiger partial charge in [-0.2, -0.15) is 0 Å². The van der Waals surface area contributed by atoms with Gasteiger partial charge in [0.2, 0.25) is 5.91 Å². The van der Waals surface area contributed by atoms with Crippen molar-refractivity contribution in [1.82, 2.24) is 19.9 Å². The Kier molecular flexibility index (Phi) is 5.07. The highest BCUT2D eigenvalue weighted by Gasteiger charge is 2.30. The molecule has 1 amide bonds. The van der Waals surface area contributed by atoms with Gasteiger partial charge in [0.25, 0.3) is 0 Å². The SMILES string of the molecule is CN1CC(=O)N(c2cccnc2)Cc2c1ncnc2N1CCN(c2ccccn2)CC1. The van der Waals surface area contributed by atoms with Crippen LogP contribution in [-0.2, 0) is 11.3 Å². The zero-order chi connectivity index (χ0) is 21.2. The number of carbonyl (C=O) groups is 1. The maximum absolute atomic E-state index is 13.0. The molecule has 1 saturated heterocycles. The van der Waals surface area contributed by atoms with Crippen LogP contribution in [0.1, 0.15) is 5.56 Å². The summed E-state index contributed by atoms with van der Waals surface area (Å²) in [4.78, 5) is 39.0. The van der Waals surface area contributed by atoms with Crippen LogP contribution < -0.4 is 19.6 Å². The van der Waals surface area contributed by atoms with Crippen molar-refractivity contribution in [2.24, 2.45) is 0 Å². The number of anilines is 4. The minimum Gasteiger partial charge on any atom is -0.353 e. The van der Waals surface area contributed by atoms with E-state index >= 15 is 0 Å². The number of carbonyl (C=O) groups excluding carboxylic acids is 1. The van der Waals surface area contributed by atoms with Gasteiger partial charge in [-0.3, -0.25) is 9.78 Å². The average molecular weight is 416 g/mol. The lowest BCUT2D eigenvalue weighted by molar-refractivity contribution is -0.117. The standard InChI is InChI=1S/C22H24N8O/c1-27-15-20(31)30(17-5-4-7-23-13-17)14-18-21(27)25-16-26-22(18)29-11-9-28(10-12-29)19-6-2-3-8-24-19/h2-8,13,16H,9-12,14-15H2,1H3. The topological polar surface area (TPSA) is 81.6 Å². The van der Waals surface area contributed by atoms with Crippen molar-refractivity contribution in [3.63, 3.8) is 0 Å². The van der Waals surface area contributed by atoms with E-state index < -0.39 is 0 Å². The van der Waals surface area contributed by atoms with E-state index in [9.17, 15) is 4.79 Å². The van der Waals surface area contributed by atoms with Crippen molar-refractivity contribution in [2.75, 3.05) is 59.4 Å². The molecule has 0 aliphatic carbocycles. The normalized spacial score (nSPS) is 16.9. The smallest absolute Gasteiger partial charge is 0.246 e. The quantitative estimate of drug-likeness (QED) is 0.637. The Morgan fingerprint density at radius 1 is 0.839 bits per heavy atom. The Morgan fingerprint density at radius 3 is 2.39 bits per heavy atom. The van der Waals surface area contributed by atoms with E-state index in [2.05, 4.69) is 29.7 Å². The molecule has 0 atom stereocenters. The highest BCUT2D eigenvalue weighted by Crippen LogP contribution is 2.32. The summed E-state index contributed by atoms with van der Waals surface area (Å²) >= 11 is 0. The highest BCUT2D eigenvalue weighted by atomic mass is 16.2. The molecule has 9 heteroatoms. The lowest BCUT2D eigenvalue weighted by atomic mass is 10.2. The first-order valence-corrected chi connectivity index (χ1v) is 10.4. The molecule has 5 rings (SSSR count). The number of hydrogen-bond donors (Lipinski definition) is 0. The second kappa shape index (κ2) is 8.17. The summed E-state index contributed by atoms with van der Waals surface area (Å²) in [5, 5.41) is 0. The van der Waals surface area contributed by atoms with Gasteiger partial charge in [0.05, 0.1) is 30.5 Å². The number of aromatic nitrogens is 4. The number of piperazine rings is 1. The van der Waals surface area contributed by atoms with Crippen LogP contribution in [0, 0.1) is 0 Å². The molecule has 0 unspecified atom stereocenters. The summed E-state index contributed by atoms with van der Waals surface area (Å²) in [6.07, 6.45) is 6.85. The van der Waals surface area contributed by atoms with Gasteiger partial charge in [-0.05, 0) is 24.3 Å². The van der Waals surface area contributed by atoms with Crippen LogP contribution >= 0.6 is 0 Å². The van der Waals surface area contributed by atoms with E-state index in [0.29, 0.717) is 6.54 Å². The van der Waals surface area contributed by atoms with E-state index in [4.69, 9.17) is 0 Å². The van der Waals surface area contributed by atoms with Crippen LogP contribution in [0.25, 0.3) is 0 Å². The number of hydrogen-bond acceptors (Lipinski definition) is 8. The van der Waals surface area contributed by atoms with Crippen LogP contribution in [0.3, 0.4) is 0 Å². The average Bonchev–Trinajstić information content (AvgIpc) is 2.96. The van der Waals surface area contributed by atoms with Crippen molar-refractivity contribution < 1.29 is 4.79 Å². The number of rotatable bonds is 3. The molecule has 2 aliphatic heterocycles. The van der Waals surface area contributed by atoms with Gasteiger partial charge >= 0.3 is 0 Å². The minimum absolute atomic E-state index is 0.0134. The summed E-state index contributed by atoms with van der Waals surface area (Å²) in [7, 11) is 1.90. The molecule has 0 aromatic carbocycles. The number of fused-ring (bicyclic) bond motifs is 1. The fourth-order valence-electron chi connectivity index (χ4n) is 4.18. The maximum Gasteiger partial charge on any atom is 0.246 e. The monoisotopic (exact) mass is 416 g/mol. The predicted molar refractivity (Wildman–Crippen MR) is 119 cm³/mol. The zero-order valence-electron chi connectivity index (χ0n) is 17.4. The molecular formula is C22H24N8O. The first-order valence-electron chi connectivity index (χ1n) is 10.4. The summed E-state index contributed by atoms with van der Waals surface area (Å²) in [5.41, 5.74) is 1.74. The molecule has 158 valence electrons. The zero-order valence-corrected chi connectivity index (χ0v) is 17.4. The molecule has 0 bridgehead atoms. The van der Waals surface area contributed by atoms with Crippen molar-refractivity contribution >= 4 is 29.0 Å².